The van der Waals surface area contributed by atoms with E-state index in [4.69, 9.17) is 0 Å². The minimum Gasteiger partial charge on any atom is -0.508 e. The third-order valence-electron chi connectivity index (χ3n) is 3.62. The van der Waals surface area contributed by atoms with Crippen molar-refractivity contribution in [1.82, 2.24) is 0 Å². The summed E-state index contributed by atoms with van der Waals surface area (Å²) in [5.74, 6) is 1.03. The summed E-state index contributed by atoms with van der Waals surface area (Å²) in [6, 6.07) is 7.06. The molecular weight excluding hydrogens is 250 g/mol. The molecule has 20 heavy (non-hydrogen) atoms. The number of rotatable bonds is 5. The normalized spacial score (nSPS) is 19.1. The summed E-state index contributed by atoms with van der Waals surface area (Å²) in [5.41, 5.74) is 0.835. The van der Waals surface area contributed by atoms with E-state index in [1.54, 1.807) is 18.2 Å². The van der Waals surface area contributed by atoms with Crippen molar-refractivity contribution in [1.29, 1.82) is 0 Å². The highest BCUT2D eigenvalue weighted by atomic mass is 16.3. The molecule has 0 amide bonds. The molecule has 2 rings (SSSR count). The molecule has 0 radical (unpaired) electrons. The van der Waals surface area contributed by atoms with Gasteiger partial charge in [-0.05, 0) is 49.8 Å². The minimum absolute atomic E-state index is 0.223. The van der Waals surface area contributed by atoms with E-state index >= 15 is 0 Å². The van der Waals surface area contributed by atoms with Gasteiger partial charge in [0.2, 0.25) is 0 Å². The van der Waals surface area contributed by atoms with Crippen LogP contribution in [0.2, 0.25) is 0 Å². The number of anilines is 1. The number of allylic oxidation sites excluding steroid dienone is 3. The number of phenolic OH excluding ortho intramolecular Hbond substituents is 1. The molecule has 0 aromatic heterocycles. The monoisotopic (exact) mass is 273 g/mol. The lowest BCUT2D eigenvalue weighted by molar-refractivity contribution is 0.367. The van der Waals surface area contributed by atoms with Crippen LogP contribution in [-0.4, -0.2) is 16.8 Å². The molecule has 0 aliphatic heterocycles. The Morgan fingerprint density at radius 3 is 2.90 bits per heavy atom. The van der Waals surface area contributed by atoms with Gasteiger partial charge in [0.05, 0.1) is 0 Å². The Morgan fingerprint density at radius 2 is 2.25 bits per heavy atom. The van der Waals surface area contributed by atoms with E-state index in [1.807, 2.05) is 24.0 Å². The number of hydrogen-bond acceptors (Lipinski definition) is 3. The summed E-state index contributed by atoms with van der Waals surface area (Å²) in [6.07, 6.45) is 10.3. The highest BCUT2D eigenvalue weighted by Gasteiger charge is 2.18. The number of aromatic hydroxyl groups is 1. The lowest BCUT2D eigenvalue weighted by Crippen LogP contribution is -2.29. The van der Waals surface area contributed by atoms with E-state index in [0.29, 0.717) is 5.92 Å². The van der Waals surface area contributed by atoms with Crippen molar-refractivity contribution in [3.63, 3.8) is 0 Å². The molecule has 0 saturated carbocycles. The van der Waals surface area contributed by atoms with E-state index in [2.05, 4.69) is 12.2 Å². The standard InChI is InChI=1S/C17H23NO2/c1-2-7-17(20)18(13-14-8-4-3-5-9-14)15-10-6-11-16(19)12-15/h3-4,6-7,10-12,14,19-20H,2,5,8-9,13H2,1H3/b17-7+. The van der Waals surface area contributed by atoms with Gasteiger partial charge in [-0.15, -0.1) is 0 Å². The van der Waals surface area contributed by atoms with Crippen molar-refractivity contribution in [2.24, 2.45) is 5.92 Å². The summed E-state index contributed by atoms with van der Waals surface area (Å²) in [7, 11) is 0. The smallest absolute Gasteiger partial charge is 0.187 e. The zero-order valence-electron chi connectivity index (χ0n) is 12.0. The van der Waals surface area contributed by atoms with Crippen LogP contribution in [0.5, 0.6) is 5.75 Å². The molecule has 0 bridgehead atoms. The molecule has 0 fully saturated rings. The first-order valence-corrected chi connectivity index (χ1v) is 7.31. The van der Waals surface area contributed by atoms with Crippen LogP contribution in [0.3, 0.4) is 0 Å². The predicted octanol–water partition coefficient (Wildman–Crippen LogP) is 4.36. The Balaban J connectivity index is 2.20. The van der Waals surface area contributed by atoms with E-state index in [-0.39, 0.29) is 11.6 Å². The van der Waals surface area contributed by atoms with Gasteiger partial charge >= 0.3 is 0 Å². The molecule has 1 aliphatic rings. The maximum absolute atomic E-state index is 10.3. The summed E-state index contributed by atoms with van der Waals surface area (Å²) in [4.78, 5) is 1.90. The van der Waals surface area contributed by atoms with E-state index < -0.39 is 0 Å². The van der Waals surface area contributed by atoms with E-state index in [0.717, 1.165) is 37.9 Å². The summed E-state index contributed by atoms with van der Waals surface area (Å²) in [6.45, 7) is 2.77. The lowest BCUT2D eigenvalue weighted by Gasteiger charge is -2.29. The van der Waals surface area contributed by atoms with Gasteiger partial charge in [-0.25, -0.2) is 0 Å². The lowest BCUT2D eigenvalue weighted by atomic mass is 9.94. The highest BCUT2D eigenvalue weighted by molar-refractivity contribution is 5.53. The van der Waals surface area contributed by atoms with Crippen LogP contribution in [0.15, 0.2) is 48.4 Å². The third-order valence-corrected chi connectivity index (χ3v) is 3.62. The van der Waals surface area contributed by atoms with Crippen LogP contribution in [0, 0.1) is 5.92 Å². The van der Waals surface area contributed by atoms with Crippen molar-refractivity contribution in [3.05, 3.63) is 48.4 Å². The first-order chi connectivity index (χ1) is 9.70. The third kappa shape index (κ3) is 3.80. The average molecular weight is 273 g/mol. The number of benzene rings is 1. The molecule has 0 saturated heterocycles. The predicted molar refractivity (Wildman–Crippen MR) is 82.9 cm³/mol. The van der Waals surface area contributed by atoms with Crippen molar-refractivity contribution in [2.75, 3.05) is 11.4 Å². The second-order valence-corrected chi connectivity index (χ2v) is 5.25. The SMILES string of the molecule is CC/C=C(/O)N(CC1CC=CCC1)c1cccc(O)c1. The number of phenols is 1. The molecule has 3 heteroatoms. The first-order valence-electron chi connectivity index (χ1n) is 7.31. The fourth-order valence-electron chi connectivity index (χ4n) is 2.57. The molecular formula is C17H23NO2. The van der Waals surface area contributed by atoms with Gasteiger partial charge in [0, 0.05) is 18.3 Å². The van der Waals surface area contributed by atoms with Crippen molar-refractivity contribution in [2.45, 2.75) is 32.6 Å². The van der Waals surface area contributed by atoms with Crippen LogP contribution in [0.25, 0.3) is 0 Å². The fourth-order valence-corrected chi connectivity index (χ4v) is 2.57. The molecule has 2 N–H and O–H groups in total. The van der Waals surface area contributed by atoms with Gasteiger partial charge in [0.25, 0.3) is 0 Å². The minimum atomic E-state index is 0.223. The van der Waals surface area contributed by atoms with E-state index in [9.17, 15) is 10.2 Å². The van der Waals surface area contributed by atoms with Crippen molar-refractivity contribution >= 4 is 5.69 Å². The van der Waals surface area contributed by atoms with Gasteiger partial charge in [0.15, 0.2) is 5.88 Å². The van der Waals surface area contributed by atoms with E-state index in [1.165, 1.54) is 0 Å². The van der Waals surface area contributed by atoms with Crippen LogP contribution >= 0.6 is 0 Å². The first kappa shape index (κ1) is 14.5. The second-order valence-electron chi connectivity index (χ2n) is 5.25. The molecule has 1 aliphatic carbocycles. The Bertz CT molecular complexity index is 494. The molecule has 1 atom stereocenters. The van der Waals surface area contributed by atoms with Gasteiger partial charge in [-0.2, -0.15) is 0 Å². The topological polar surface area (TPSA) is 43.7 Å². The summed E-state index contributed by atoms with van der Waals surface area (Å²) >= 11 is 0. The largest absolute Gasteiger partial charge is 0.508 e. The summed E-state index contributed by atoms with van der Waals surface area (Å²) in [5, 5.41) is 19.9. The van der Waals surface area contributed by atoms with Crippen molar-refractivity contribution in [3.8, 4) is 5.75 Å². The average Bonchev–Trinajstić information content (AvgIpc) is 2.46. The Morgan fingerprint density at radius 1 is 1.40 bits per heavy atom. The zero-order valence-corrected chi connectivity index (χ0v) is 12.0. The number of aliphatic hydroxyl groups excluding tert-OH is 1. The molecule has 0 heterocycles. The van der Waals surface area contributed by atoms with Gasteiger partial charge in [-0.3, -0.25) is 0 Å². The maximum atomic E-state index is 10.3. The Kier molecular flexibility index (Phi) is 5.10. The second kappa shape index (κ2) is 7.04. The van der Waals surface area contributed by atoms with Crippen LogP contribution < -0.4 is 4.90 Å². The van der Waals surface area contributed by atoms with Gasteiger partial charge in [0.1, 0.15) is 5.75 Å². The molecule has 0 spiro atoms. The molecule has 1 aromatic rings. The van der Waals surface area contributed by atoms with Crippen LogP contribution in [0.1, 0.15) is 32.6 Å². The van der Waals surface area contributed by atoms with Crippen molar-refractivity contribution < 1.29 is 10.2 Å². The van der Waals surface area contributed by atoms with Crippen LogP contribution in [0.4, 0.5) is 5.69 Å². The quantitative estimate of drug-likeness (QED) is 0.618. The Hall–Kier alpha value is -1.90. The van der Waals surface area contributed by atoms with Crippen LogP contribution in [-0.2, 0) is 0 Å². The number of nitrogens with zero attached hydrogens (tertiary/aromatic N) is 1. The molecule has 1 aromatic carbocycles. The zero-order chi connectivity index (χ0) is 14.4. The fraction of sp³-hybridized carbons (Fsp3) is 0.412. The van der Waals surface area contributed by atoms with Gasteiger partial charge in [-0.1, -0.05) is 25.1 Å². The highest BCUT2D eigenvalue weighted by Crippen LogP contribution is 2.27. The maximum Gasteiger partial charge on any atom is 0.187 e. The molecule has 3 nitrogen and oxygen atoms in total. The molecule has 108 valence electrons. The number of hydrogen-bond donors (Lipinski definition) is 2. The summed E-state index contributed by atoms with van der Waals surface area (Å²) < 4.78 is 0. The molecule has 1 unspecified atom stereocenters. The van der Waals surface area contributed by atoms with Gasteiger partial charge < -0.3 is 15.1 Å². The Labute approximate surface area is 120 Å². The number of aliphatic hydroxyl groups is 1.